The van der Waals surface area contributed by atoms with E-state index in [0.717, 1.165) is 0 Å². The van der Waals surface area contributed by atoms with Crippen molar-refractivity contribution in [3.05, 3.63) is 24.0 Å². The van der Waals surface area contributed by atoms with E-state index in [2.05, 4.69) is 10.1 Å². The zero-order valence-corrected chi connectivity index (χ0v) is 9.26. The van der Waals surface area contributed by atoms with E-state index in [4.69, 9.17) is 16.0 Å². The van der Waals surface area contributed by atoms with Crippen molar-refractivity contribution in [3.63, 3.8) is 0 Å². The van der Waals surface area contributed by atoms with E-state index in [9.17, 15) is 5.11 Å². The summed E-state index contributed by atoms with van der Waals surface area (Å²) in [6.07, 6.45) is 2.28. The molecule has 7 heteroatoms. The number of nitrogens with zero attached hydrogens (tertiary/aromatic N) is 2. The number of amidine groups is 1. The second-order valence-electron chi connectivity index (χ2n) is 3.00. The lowest BCUT2D eigenvalue weighted by atomic mass is 10.2. The highest BCUT2D eigenvalue weighted by molar-refractivity contribution is 7.99. The number of aliphatic hydroxyl groups excluding tert-OH is 2. The van der Waals surface area contributed by atoms with Gasteiger partial charge in [0.1, 0.15) is 0 Å². The Bertz CT molecular complexity index is 373. The van der Waals surface area contributed by atoms with Crippen LogP contribution in [0.1, 0.15) is 5.56 Å². The number of thioether (sulfide) groups is 1. The van der Waals surface area contributed by atoms with Gasteiger partial charge in [-0.3, -0.25) is 4.98 Å². The Morgan fingerprint density at radius 3 is 3.00 bits per heavy atom. The van der Waals surface area contributed by atoms with Gasteiger partial charge in [-0.25, -0.2) is 0 Å². The first kappa shape index (κ1) is 12.8. The molecule has 1 atom stereocenters. The van der Waals surface area contributed by atoms with Crippen molar-refractivity contribution in [1.82, 2.24) is 4.98 Å². The van der Waals surface area contributed by atoms with Crippen molar-refractivity contribution in [2.45, 2.75) is 11.0 Å². The molecule has 16 heavy (non-hydrogen) atoms. The first-order valence-corrected chi connectivity index (χ1v) is 5.51. The molecule has 1 unspecified atom stereocenters. The van der Waals surface area contributed by atoms with E-state index in [1.165, 1.54) is 18.0 Å². The lowest BCUT2D eigenvalue weighted by molar-refractivity contribution is 0.113. The van der Waals surface area contributed by atoms with Crippen LogP contribution in [0.2, 0.25) is 0 Å². The maximum absolute atomic E-state index is 9.20. The third-order valence-electron chi connectivity index (χ3n) is 1.81. The third-order valence-corrected chi connectivity index (χ3v) is 3.00. The first-order chi connectivity index (χ1) is 7.69. The van der Waals surface area contributed by atoms with Gasteiger partial charge in [0.2, 0.25) is 0 Å². The number of hydrogen-bond donors (Lipinski definition) is 4. The van der Waals surface area contributed by atoms with Crippen molar-refractivity contribution >= 4 is 17.6 Å². The topological polar surface area (TPSA) is 112 Å². The minimum Gasteiger partial charge on any atom is -0.409 e. The van der Waals surface area contributed by atoms with E-state index in [-0.39, 0.29) is 12.4 Å². The first-order valence-electron chi connectivity index (χ1n) is 4.52. The molecule has 0 aliphatic rings. The highest BCUT2D eigenvalue weighted by Gasteiger charge is 2.09. The number of aromatic nitrogens is 1. The average Bonchev–Trinajstić information content (AvgIpc) is 2.35. The van der Waals surface area contributed by atoms with Crippen LogP contribution in [-0.4, -0.2) is 44.7 Å². The standard InChI is InChI=1S/C9H13N3O3S/c10-9(12-15)7-1-2-11-3-8(7)16-5-6(14)4-13/h1-3,6,13-15H,4-5H2,(H2,10,12). The van der Waals surface area contributed by atoms with Crippen LogP contribution >= 0.6 is 11.8 Å². The smallest absolute Gasteiger partial charge is 0.171 e. The van der Waals surface area contributed by atoms with Crippen LogP contribution < -0.4 is 5.73 Å². The number of rotatable bonds is 5. The Labute approximate surface area is 96.8 Å². The Hall–Kier alpha value is -1.31. The molecule has 1 heterocycles. The molecule has 0 fully saturated rings. The highest BCUT2D eigenvalue weighted by Crippen LogP contribution is 2.22. The van der Waals surface area contributed by atoms with Crippen molar-refractivity contribution in [3.8, 4) is 0 Å². The van der Waals surface area contributed by atoms with Crippen LogP contribution in [0.15, 0.2) is 28.5 Å². The molecule has 0 radical (unpaired) electrons. The molecule has 1 aromatic heterocycles. The lowest BCUT2D eigenvalue weighted by Gasteiger charge is -2.09. The number of pyridine rings is 1. The molecule has 1 aromatic rings. The van der Waals surface area contributed by atoms with Gasteiger partial charge in [-0.1, -0.05) is 5.16 Å². The van der Waals surface area contributed by atoms with Gasteiger partial charge in [-0.05, 0) is 6.07 Å². The quantitative estimate of drug-likeness (QED) is 0.184. The summed E-state index contributed by atoms with van der Waals surface area (Å²) in [7, 11) is 0. The van der Waals surface area contributed by atoms with Gasteiger partial charge in [-0.2, -0.15) is 0 Å². The van der Waals surface area contributed by atoms with E-state index in [1.807, 2.05) is 0 Å². The van der Waals surface area contributed by atoms with Gasteiger partial charge < -0.3 is 21.2 Å². The summed E-state index contributed by atoms with van der Waals surface area (Å²) in [4.78, 5) is 4.59. The summed E-state index contributed by atoms with van der Waals surface area (Å²) < 4.78 is 0. The Morgan fingerprint density at radius 1 is 1.62 bits per heavy atom. The number of aliphatic hydroxyl groups is 2. The molecule has 0 spiro atoms. The Balaban J connectivity index is 2.79. The molecule has 88 valence electrons. The molecule has 0 saturated carbocycles. The largest absolute Gasteiger partial charge is 0.409 e. The summed E-state index contributed by atoms with van der Waals surface area (Å²) in [5.41, 5.74) is 6.03. The minimum atomic E-state index is -0.801. The monoisotopic (exact) mass is 243 g/mol. The highest BCUT2D eigenvalue weighted by atomic mass is 32.2. The molecule has 0 saturated heterocycles. The van der Waals surface area contributed by atoms with Crippen molar-refractivity contribution in [2.75, 3.05) is 12.4 Å². The fraction of sp³-hybridized carbons (Fsp3) is 0.333. The van der Waals surface area contributed by atoms with Crippen LogP contribution in [0.3, 0.4) is 0 Å². The predicted molar refractivity (Wildman–Crippen MR) is 60.6 cm³/mol. The molecule has 0 aliphatic carbocycles. The normalized spacial score (nSPS) is 13.8. The Kier molecular flexibility index (Phi) is 5.03. The number of nitrogens with two attached hydrogens (primary N) is 1. The zero-order chi connectivity index (χ0) is 12.0. The van der Waals surface area contributed by atoms with Gasteiger partial charge >= 0.3 is 0 Å². The summed E-state index contributed by atoms with van der Waals surface area (Å²) in [6.45, 7) is -0.299. The van der Waals surface area contributed by atoms with Crippen LogP contribution in [0.5, 0.6) is 0 Å². The molecule has 1 rings (SSSR count). The van der Waals surface area contributed by atoms with E-state index < -0.39 is 6.10 Å². The van der Waals surface area contributed by atoms with Crippen molar-refractivity contribution in [1.29, 1.82) is 0 Å². The summed E-state index contributed by atoms with van der Waals surface area (Å²) in [5, 5.41) is 29.4. The second kappa shape index (κ2) is 6.31. The zero-order valence-electron chi connectivity index (χ0n) is 8.45. The summed E-state index contributed by atoms with van der Waals surface area (Å²) in [6, 6.07) is 1.61. The van der Waals surface area contributed by atoms with E-state index in [0.29, 0.717) is 16.2 Å². The van der Waals surface area contributed by atoms with Gasteiger partial charge in [0.15, 0.2) is 5.84 Å². The van der Waals surface area contributed by atoms with Crippen molar-refractivity contribution in [2.24, 2.45) is 10.9 Å². The SMILES string of the molecule is N/C(=N/O)c1ccncc1SCC(O)CO. The predicted octanol–water partition coefficient (Wildman–Crippen LogP) is -0.379. The van der Waals surface area contributed by atoms with E-state index in [1.54, 1.807) is 12.3 Å². The maximum Gasteiger partial charge on any atom is 0.171 e. The Morgan fingerprint density at radius 2 is 2.38 bits per heavy atom. The average molecular weight is 243 g/mol. The molecule has 0 bridgehead atoms. The van der Waals surface area contributed by atoms with Gasteiger partial charge in [0.25, 0.3) is 0 Å². The number of hydrogen-bond acceptors (Lipinski definition) is 6. The molecule has 5 N–H and O–H groups in total. The lowest BCUT2D eigenvalue weighted by Crippen LogP contribution is -2.17. The van der Waals surface area contributed by atoms with Crippen LogP contribution in [0.25, 0.3) is 0 Å². The molecule has 0 aromatic carbocycles. The second-order valence-corrected chi connectivity index (χ2v) is 4.07. The molecular weight excluding hydrogens is 230 g/mol. The number of oxime groups is 1. The minimum absolute atomic E-state index is 0.0108. The molecule has 0 amide bonds. The maximum atomic E-state index is 9.20. The van der Waals surface area contributed by atoms with E-state index >= 15 is 0 Å². The summed E-state index contributed by atoms with van der Waals surface area (Å²) in [5.74, 6) is 0.303. The van der Waals surface area contributed by atoms with Gasteiger partial charge in [0.05, 0.1) is 12.7 Å². The third kappa shape index (κ3) is 3.37. The van der Waals surface area contributed by atoms with Crippen LogP contribution in [-0.2, 0) is 0 Å². The van der Waals surface area contributed by atoms with Gasteiger partial charge in [0, 0.05) is 28.6 Å². The summed E-state index contributed by atoms with van der Waals surface area (Å²) >= 11 is 1.28. The fourth-order valence-electron chi connectivity index (χ4n) is 0.999. The molecular formula is C9H13N3O3S. The molecule has 0 aliphatic heterocycles. The van der Waals surface area contributed by atoms with Crippen LogP contribution in [0, 0.1) is 0 Å². The van der Waals surface area contributed by atoms with Crippen molar-refractivity contribution < 1.29 is 15.4 Å². The molecule has 6 nitrogen and oxygen atoms in total. The van der Waals surface area contributed by atoms with Gasteiger partial charge in [-0.15, -0.1) is 11.8 Å². The van der Waals surface area contributed by atoms with Crippen LogP contribution in [0.4, 0.5) is 0 Å². The fourth-order valence-corrected chi connectivity index (χ4v) is 1.94.